The Bertz CT molecular complexity index is 182. The molecule has 2 N–H and O–H groups in total. The van der Waals surface area contributed by atoms with Gasteiger partial charge in [0.1, 0.15) is 0 Å². The van der Waals surface area contributed by atoms with Crippen molar-refractivity contribution in [3.05, 3.63) is 0 Å². The van der Waals surface area contributed by atoms with Crippen molar-refractivity contribution in [2.24, 2.45) is 0 Å². The lowest BCUT2D eigenvalue weighted by Crippen LogP contribution is -2.52. The van der Waals surface area contributed by atoms with Gasteiger partial charge in [0.05, 0.1) is 6.04 Å². The van der Waals surface area contributed by atoms with Crippen molar-refractivity contribution >= 4 is 5.91 Å². The molecule has 1 aliphatic rings. The van der Waals surface area contributed by atoms with E-state index in [4.69, 9.17) is 0 Å². The highest BCUT2D eigenvalue weighted by atomic mass is 16.2. The summed E-state index contributed by atoms with van der Waals surface area (Å²) in [7, 11) is 3.65. The molecule has 2 atom stereocenters. The van der Waals surface area contributed by atoms with Gasteiger partial charge in [0.15, 0.2) is 0 Å². The van der Waals surface area contributed by atoms with Crippen LogP contribution >= 0.6 is 0 Å². The number of carbonyl (C=O) groups is 1. The van der Waals surface area contributed by atoms with Crippen LogP contribution in [0.1, 0.15) is 26.2 Å². The van der Waals surface area contributed by atoms with Crippen molar-refractivity contribution in [2.75, 3.05) is 14.1 Å². The molecule has 0 aromatic rings. The Morgan fingerprint density at radius 3 is 2.69 bits per heavy atom. The van der Waals surface area contributed by atoms with Crippen LogP contribution in [-0.2, 0) is 4.79 Å². The van der Waals surface area contributed by atoms with Gasteiger partial charge in [-0.1, -0.05) is 0 Å². The molecule has 0 bridgehead atoms. The van der Waals surface area contributed by atoms with Crippen LogP contribution in [0, 0.1) is 0 Å². The summed E-state index contributed by atoms with van der Waals surface area (Å²) in [6.07, 6.45) is 3.26. The second-order valence-electron chi connectivity index (χ2n) is 3.92. The number of hydrogen-bond acceptors (Lipinski definition) is 3. The van der Waals surface area contributed by atoms with E-state index in [2.05, 4.69) is 17.7 Å². The summed E-state index contributed by atoms with van der Waals surface area (Å²) in [6, 6.07) is 0.456. The molecule has 2 unspecified atom stereocenters. The first-order valence-electron chi connectivity index (χ1n) is 4.83. The van der Waals surface area contributed by atoms with Gasteiger partial charge in [0.25, 0.3) is 5.91 Å². The smallest absolute Gasteiger partial charge is 0.251 e. The molecule has 13 heavy (non-hydrogen) atoms. The topological polar surface area (TPSA) is 44.4 Å². The molecule has 4 nitrogen and oxygen atoms in total. The Labute approximate surface area is 79.6 Å². The second-order valence-corrected chi connectivity index (χ2v) is 3.92. The van der Waals surface area contributed by atoms with Crippen LogP contribution in [0.2, 0.25) is 0 Å². The molecule has 0 aromatic carbocycles. The zero-order valence-corrected chi connectivity index (χ0v) is 8.63. The lowest BCUT2D eigenvalue weighted by Gasteiger charge is -2.28. The zero-order valence-electron chi connectivity index (χ0n) is 8.63. The van der Waals surface area contributed by atoms with Crippen molar-refractivity contribution in [2.45, 2.75) is 38.3 Å². The Hall–Kier alpha value is -0.610. The van der Waals surface area contributed by atoms with Gasteiger partial charge < -0.3 is 5.32 Å². The van der Waals surface area contributed by atoms with Crippen molar-refractivity contribution in [3.8, 4) is 0 Å². The van der Waals surface area contributed by atoms with E-state index >= 15 is 0 Å². The molecule has 1 fully saturated rings. The van der Waals surface area contributed by atoms with Gasteiger partial charge in [-0.05, 0) is 26.2 Å². The number of hydrazine groups is 1. The highest BCUT2D eigenvalue weighted by molar-refractivity contribution is 5.81. The third kappa shape index (κ3) is 3.32. The predicted molar refractivity (Wildman–Crippen MR) is 52.1 cm³/mol. The molecule has 0 aliphatic carbocycles. The summed E-state index contributed by atoms with van der Waals surface area (Å²) in [5.41, 5.74) is 2.76. The van der Waals surface area contributed by atoms with E-state index in [1.54, 1.807) is 5.01 Å². The van der Waals surface area contributed by atoms with E-state index in [0.717, 1.165) is 12.8 Å². The summed E-state index contributed by atoms with van der Waals surface area (Å²) >= 11 is 0. The fourth-order valence-electron chi connectivity index (χ4n) is 1.64. The van der Waals surface area contributed by atoms with Gasteiger partial charge in [0, 0.05) is 20.1 Å². The predicted octanol–water partition coefficient (Wildman–Crippen LogP) is 0.110. The van der Waals surface area contributed by atoms with Crippen LogP contribution in [0.25, 0.3) is 0 Å². The number of rotatable bonds is 2. The zero-order chi connectivity index (χ0) is 9.84. The Morgan fingerprint density at radius 1 is 1.46 bits per heavy atom. The van der Waals surface area contributed by atoms with Gasteiger partial charge in [-0.3, -0.25) is 10.2 Å². The van der Waals surface area contributed by atoms with Gasteiger partial charge in [-0.15, -0.1) is 0 Å². The van der Waals surface area contributed by atoms with Crippen LogP contribution in [0.15, 0.2) is 0 Å². The van der Waals surface area contributed by atoms with E-state index in [1.165, 1.54) is 6.42 Å². The summed E-state index contributed by atoms with van der Waals surface area (Å²) < 4.78 is 0. The van der Waals surface area contributed by atoms with Gasteiger partial charge in [-0.2, -0.15) is 0 Å². The normalized spacial score (nSPS) is 28.9. The molecule has 1 aliphatic heterocycles. The van der Waals surface area contributed by atoms with Crippen LogP contribution in [0.3, 0.4) is 0 Å². The van der Waals surface area contributed by atoms with Gasteiger partial charge in [0.2, 0.25) is 0 Å². The molecule has 0 spiro atoms. The first kappa shape index (κ1) is 10.5. The molecular formula is C9H19N3O. The summed E-state index contributed by atoms with van der Waals surface area (Å²) in [6.45, 7) is 2.12. The van der Waals surface area contributed by atoms with Crippen LogP contribution < -0.4 is 10.7 Å². The average Bonchev–Trinajstić information content (AvgIpc) is 2.03. The van der Waals surface area contributed by atoms with Crippen molar-refractivity contribution in [3.63, 3.8) is 0 Å². The van der Waals surface area contributed by atoms with E-state index < -0.39 is 0 Å². The maximum Gasteiger partial charge on any atom is 0.251 e. The first-order chi connectivity index (χ1) is 6.09. The molecule has 1 heterocycles. The SMILES string of the molecule is CC1CCCC(C(=O)NN(C)C)N1. The number of nitrogens with one attached hydrogen (secondary N) is 2. The van der Waals surface area contributed by atoms with Crippen molar-refractivity contribution in [1.82, 2.24) is 15.8 Å². The quantitative estimate of drug-likeness (QED) is 0.600. The monoisotopic (exact) mass is 185 g/mol. The van der Waals surface area contributed by atoms with E-state index in [1.807, 2.05) is 14.1 Å². The Kier molecular flexibility index (Phi) is 3.69. The maximum atomic E-state index is 11.5. The number of nitrogens with zero attached hydrogens (tertiary/aromatic N) is 1. The number of carbonyl (C=O) groups excluding carboxylic acids is 1. The summed E-state index contributed by atoms with van der Waals surface area (Å²) in [5, 5.41) is 4.97. The maximum absolute atomic E-state index is 11.5. The van der Waals surface area contributed by atoms with Crippen molar-refractivity contribution in [1.29, 1.82) is 0 Å². The van der Waals surface area contributed by atoms with E-state index in [0.29, 0.717) is 6.04 Å². The molecule has 1 amide bonds. The van der Waals surface area contributed by atoms with Gasteiger partial charge >= 0.3 is 0 Å². The Morgan fingerprint density at radius 2 is 2.15 bits per heavy atom. The number of amides is 1. The summed E-state index contributed by atoms with van der Waals surface area (Å²) in [5.74, 6) is 0.0801. The molecule has 76 valence electrons. The largest absolute Gasteiger partial charge is 0.303 e. The highest BCUT2D eigenvalue weighted by Crippen LogP contribution is 2.11. The van der Waals surface area contributed by atoms with Crippen LogP contribution in [0.5, 0.6) is 0 Å². The molecule has 0 aromatic heterocycles. The molecule has 4 heteroatoms. The molecule has 0 radical (unpaired) electrons. The Balaban J connectivity index is 2.37. The standard InChI is InChI=1S/C9H19N3O/c1-7-5-4-6-8(10-7)9(13)11-12(2)3/h7-8,10H,4-6H2,1-3H3,(H,11,13). The number of piperidine rings is 1. The second kappa shape index (κ2) is 4.58. The van der Waals surface area contributed by atoms with E-state index in [-0.39, 0.29) is 11.9 Å². The van der Waals surface area contributed by atoms with Crippen LogP contribution in [-0.4, -0.2) is 37.1 Å². The molecule has 1 rings (SSSR count). The molecule has 0 saturated carbocycles. The van der Waals surface area contributed by atoms with Gasteiger partial charge in [-0.25, -0.2) is 5.01 Å². The minimum atomic E-state index is -0.00819. The number of hydrogen-bond donors (Lipinski definition) is 2. The highest BCUT2D eigenvalue weighted by Gasteiger charge is 2.23. The van der Waals surface area contributed by atoms with Crippen molar-refractivity contribution < 1.29 is 4.79 Å². The van der Waals surface area contributed by atoms with E-state index in [9.17, 15) is 4.79 Å². The van der Waals surface area contributed by atoms with Crippen LogP contribution in [0.4, 0.5) is 0 Å². The average molecular weight is 185 g/mol. The first-order valence-corrected chi connectivity index (χ1v) is 4.83. The summed E-state index contributed by atoms with van der Waals surface area (Å²) in [4.78, 5) is 11.5. The fourth-order valence-corrected chi connectivity index (χ4v) is 1.64. The lowest BCUT2D eigenvalue weighted by molar-refractivity contribution is -0.127. The molecular weight excluding hydrogens is 166 g/mol. The third-order valence-corrected chi connectivity index (χ3v) is 2.27. The molecule has 1 saturated heterocycles. The lowest BCUT2D eigenvalue weighted by atomic mass is 9.99. The minimum Gasteiger partial charge on any atom is -0.303 e. The third-order valence-electron chi connectivity index (χ3n) is 2.27. The fraction of sp³-hybridized carbons (Fsp3) is 0.889. The minimum absolute atomic E-state index is 0.00819.